The number of allylic oxidation sites excluding steroid dienone is 8. The lowest BCUT2D eigenvalue weighted by Crippen LogP contribution is -2.43. The number of esters is 1. The molecule has 0 radical (unpaired) electrons. The standard InChI is InChI=1S/C55H100NO10P/c1-3-5-7-9-11-13-15-17-19-21-23-24-25-26-27-29-31-33-35-37-39-41-43-45-47-54(59)64-48-51(57)49-65-67(62,63)66-50-52(55(60)61)56-53(58)46-44-42-40-38-36-34-32-30-28-22-20-18-16-14-12-10-8-6-4-2/h12,14,18,20,28,30,34,36,51-52,57H,3-11,13,15-17,19,21-27,29,31-33,35,37-50H2,1-2H3,(H,56,58)(H,60,61)(H,62,63)/b14-12-,20-18-,30-28-,36-34-. The van der Waals surface area contributed by atoms with Crippen molar-refractivity contribution in [1.82, 2.24) is 5.32 Å². The van der Waals surface area contributed by atoms with Crippen molar-refractivity contribution in [2.75, 3.05) is 19.8 Å². The zero-order valence-electron chi connectivity index (χ0n) is 42.7. The molecule has 0 fully saturated rings. The molecule has 0 aromatic heterocycles. The molecule has 67 heavy (non-hydrogen) atoms. The number of unbranched alkanes of at least 4 members (excludes halogenated alkanes) is 29. The summed E-state index contributed by atoms with van der Waals surface area (Å²) in [5.74, 6) is -2.41. The van der Waals surface area contributed by atoms with E-state index in [1.807, 2.05) is 0 Å². The fraction of sp³-hybridized carbons (Fsp3) is 0.800. The monoisotopic (exact) mass is 966 g/mol. The first-order valence-electron chi connectivity index (χ1n) is 27.2. The number of carboxylic acids is 1. The Balaban J connectivity index is 3.81. The van der Waals surface area contributed by atoms with Crippen LogP contribution in [0.1, 0.15) is 251 Å². The van der Waals surface area contributed by atoms with E-state index in [-0.39, 0.29) is 12.8 Å². The largest absolute Gasteiger partial charge is 0.480 e. The molecule has 1 amide bonds. The van der Waals surface area contributed by atoms with Gasteiger partial charge in [0.05, 0.1) is 13.2 Å². The van der Waals surface area contributed by atoms with Gasteiger partial charge in [-0.1, -0.05) is 229 Å². The Kier molecular flexibility index (Phi) is 47.9. The number of rotatable bonds is 51. The van der Waals surface area contributed by atoms with Crippen molar-refractivity contribution < 1.29 is 47.8 Å². The van der Waals surface area contributed by atoms with Crippen LogP contribution in [-0.4, -0.2) is 64.9 Å². The minimum Gasteiger partial charge on any atom is -0.480 e. The highest BCUT2D eigenvalue weighted by molar-refractivity contribution is 7.47. The molecule has 0 bridgehead atoms. The number of aliphatic carboxylic acids is 1. The van der Waals surface area contributed by atoms with Crippen LogP contribution in [0.2, 0.25) is 0 Å². The number of hydrogen-bond acceptors (Lipinski definition) is 8. The van der Waals surface area contributed by atoms with Crippen LogP contribution in [0.5, 0.6) is 0 Å². The normalized spacial score (nSPS) is 13.9. The summed E-state index contributed by atoms with van der Waals surface area (Å²) in [5.41, 5.74) is 0. The van der Waals surface area contributed by atoms with Gasteiger partial charge in [-0.05, 0) is 57.8 Å². The predicted octanol–water partition coefficient (Wildman–Crippen LogP) is 15.3. The number of aliphatic hydroxyl groups excluding tert-OH is 1. The summed E-state index contributed by atoms with van der Waals surface area (Å²) in [6, 6.07) is -1.57. The average molecular weight is 966 g/mol. The number of nitrogens with one attached hydrogen (secondary N) is 1. The van der Waals surface area contributed by atoms with Crippen molar-refractivity contribution in [3.05, 3.63) is 48.6 Å². The molecule has 0 aliphatic carbocycles. The van der Waals surface area contributed by atoms with Crippen LogP contribution in [-0.2, 0) is 32.7 Å². The molecule has 4 N–H and O–H groups in total. The second-order valence-electron chi connectivity index (χ2n) is 18.4. The van der Waals surface area contributed by atoms with Gasteiger partial charge in [0.15, 0.2) is 6.04 Å². The van der Waals surface area contributed by atoms with Crippen molar-refractivity contribution >= 4 is 25.7 Å². The fourth-order valence-corrected chi connectivity index (χ4v) is 8.43. The number of hydrogen-bond donors (Lipinski definition) is 4. The quantitative estimate of drug-likeness (QED) is 0.0199. The van der Waals surface area contributed by atoms with Crippen LogP contribution in [0.15, 0.2) is 48.6 Å². The van der Waals surface area contributed by atoms with Crippen LogP contribution >= 0.6 is 7.82 Å². The molecule has 3 atom stereocenters. The van der Waals surface area contributed by atoms with E-state index in [0.29, 0.717) is 12.8 Å². The summed E-state index contributed by atoms with van der Waals surface area (Å²) in [5, 5.41) is 21.9. The Morgan fingerprint density at radius 2 is 0.821 bits per heavy atom. The molecular formula is C55H100NO10P. The summed E-state index contributed by atoms with van der Waals surface area (Å²) in [4.78, 5) is 46.2. The van der Waals surface area contributed by atoms with Gasteiger partial charge >= 0.3 is 19.8 Å². The lowest BCUT2D eigenvalue weighted by atomic mass is 10.0. The number of carbonyl (C=O) groups is 3. The smallest absolute Gasteiger partial charge is 0.472 e. The van der Waals surface area contributed by atoms with E-state index < -0.39 is 57.6 Å². The van der Waals surface area contributed by atoms with Crippen molar-refractivity contribution in [1.29, 1.82) is 0 Å². The summed E-state index contributed by atoms with van der Waals surface area (Å²) in [6.07, 6.45) is 58.6. The molecule has 390 valence electrons. The van der Waals surface area contributed by atoms with Gasteiger partial charge in [-0.25, -0.2) is 9.36 Å². The minimum atomic E-state index is -4.77. The second kappa shape index (κ2) is 49.8. The fourth-order valence-electron chi connectivity index (χ4n) is 7.65. The number of phosphoric acid groups is 1. The molecule has 12 heteroatoms. The average Bonchev–Trinajstić information content (AvgIpc) is 3.31. The molecule has 3 unspecified atom stereocenters. The van der Waals surface area contributed by atoms with Crippen LogP contribution < -0.4 is 5.32 Å². The van der Waals surface area contributed by atoms with Gasteiger partial charge in [0, 0.05) is 12.8 Å². The first-order chi connectivity index (χ1) is 32.6. The van der Waals surface area contributed by atoms with Gasteiger partial charge in [-0.3, -0.25) is 18.6 Å². The zero-order valence-corrected chi connectivity index (χ0v) is 43.6. The van der Waals surface area contributed by atoms with E-state index in [1.165, 1.54) is 154 Å². The van der Waals surface area contributed by atoms with Gasteiger partial charge in [0.2, 0.25) is 5.91 Å². The Morgan fingerprint density at radius 1 is 0.478 bits per heavy atom. The van der Waals surface area contributed by atoms with Gasteiger partial charge in [-0.15, -0.1) is 0 Å². The van der Waals surface area contributed by atoms with E-state index >= 15 is 0 Å². The van der Waals surface area contributed by atoms with E-state index in [4.69, 9.17) is 13.8 Å². The van der Waals surface area contributed by atoms with Crippen molar-refractivity contribution in [3.63, 3.8) is 0 Å². The molecule has 0 aromatic rings. The zero-order chi connectivity index (χ0) is 49.2. The highest BCUT2D eigenvalue weighted by atomic mass is 31.2. The Labute approximate surface area is 409 Å². The molecule has 0 aliphatic rings. The highest BCUT2D eigenvalue weighted by Crippen LogP contribution is 2.43. The Morgan fingerprint density at radius 3 is 1.25 bits per heavy atom. The third-order valence-corrected chi connectivity index (χ3v) is 12.8. The summed E-state index contributed by atoms with van der Waals surface area (Å²) < 4.78 is 27.0. The SMILES string of the molecule is CCCCC/C=C\C/C=C\C/C=C\C/C=C\CCCCCC(=O)NC(COP(=O)(O)OCC(O)COC(=O)CCCCCCCCCCCCCCCCCCCCCCCCCC)C(=O)O. The van der Waals surface area contributed by atoms with Crippen LogP contribution in [0.25, 0.3) is 0 Å². The summed E-state index contributed by atoms with van der Waals surface area (Å²) in [6.45, 7) is 2.59. The molecule has 11 nitrogen and oxygen atoms in total. The molecule has 0 spiro atoms. The van der Waals surface area contributed by atoms with E-state index in [9.17, 15) is 34.1 Å². The third-order valence-electron chi connectivity index (χ3n) is 11.9. The molecule has 0 rings (SSSR count). The topological polar surface area (TPSA) is 169 Å². The van der Waals surface area contributed by atoms with Gasteiger partial charge in [0.1, 0.15) is 12.7 Å². The number of aliphatic hydroxyl groups is 1. The molecule has 0 aliphatic heterocycles. The molecule has 0 saturated carbocycles. The molecular weight excluding hydrogens is 866 g/mol. The maximum absolute atomic E-state index is 12.4. The van der Waals surface area contributed by atoms with E-state index in [0.717, 1.165) is 57.8 Å². The summed E-state index contributed by atoms with van der Waals surface area (Å²) in [7, 11) is -4.77. The highest BCUT2D eigenvalue weighted by Gasteiger charge is 2.28. The Bertz CT molecular complexity index is 1320. The number of carbonyl (C=O) groups excluding carboxylic acids is 2. The van der Waals surface area contributed by atoms with E-state index in [1.54, 1.807) is 0 Å². The van der Waals surface area contributed by atoms with Gasteiger partial charge in [-0.2, -0.15) is 0 Å². The van der Waals surface area contributed by atoms with Crippen LogP contribution in [0.3, 0.4) is 0 Å². The minimum absolute atomic E-state index is 0.107. The molecule has 0 heterocycles. The van der Waals surface area contributed by atoms with Crippen molar-refractivity contribution in [2.45, 2.75) is 264 Å². The Hall–Kier alpha value is -2.56. The summed E-state index contributed by atoms with van der Waals surface area (Å²) >= 11 is 0. The lowest BCUT2D eigenvalue weighted by molar-refractivity contribution is -0.147. The maximum atomic E-state index is 12.4. The number of amides is 1. The lowest BCUT2D eigenvalue weighted by Gasteiger charge is -2.18. The third kappa shape index (κ3) is 49.7. The van der Waals surface area contributed by atoms with Gasteiger partial charge < -0.3 is 25.2 Å². The maximum Gasteiger partial charge on any atom is 0.472 e. The number of carboxylic acid groups (broad SMARTS) is 1. The molecule has 0 aromatic carbocycles. The second-order valence-corrected chi connectivity index (χ2v) is 19.9. The number of ether oxygens (including phenoxy) is 1. The first-order valence-corrected chi connectivity index (χ1v) is 28.7. The van der Waals surface area contributed by atoms with E-state index in [2.05, 4.69) is 67.8 Å². The first kappa shape index (κ1) is 64.4. The molecule has 0 saturated heterocycles. The van der Waals surface area contributed by atoms with Crippen LogP contribution in [0.4, 0.5) is 0 Å². The van der Waals surface area contributed by atoms with Crippen LogP contribution in [0, 0.1) is 0 Å². The predicted molar refractivity (Wildman–Crippen MR) is 277 cm³/mol. The van der Waals surface area contributed by atoms with Crippen molar-refractivity contribution in [3.8, 4) is 0 Å². The number of phosphoric ester groups is 1. The van der Waals surface area contributed by atoms with Crippen molar-refractivity contribution in [2.24, 2.45) is 0 Å². The van der Waals surface area contributed by atoms with Gasteiger partial charge in [0.25, 0.3) is 0 Å².